The minimum absolute atomic E-state index is 0.0159. The number of halogens is 2. The van der Waals surface area contributed by atoms with Gasteiger partial charge in [0.1, 0.15) is 0 Å². The summed E-state index contributed by atoms with van der Waals surface area (Å²) in [4.78, 5) is 5.00. The molecule has 0 saturated carbocycles. The van der Waals surface area contributed by atoms with Crippen LogP contribution in [0.15, 0.2) is 60.7 Å². The summed E-state index contributed by atoms with van der Waals surface area (Å²) in [5.41, 5.74) is 2.80. The SMILES string of the molecule is CC.CCCC(Cc1ccccc1)N1CCC(F)(F)CC1.CCCC(Cc1ccccc1)N1CCCC(C)C1. The Morgan fingerprint density at radius 1 is 0.744 bits per heavy atom. The van der Waals surface area contributed by atoms with Crippen molar-refractivity contribution in [2.75, 3.05) is 26.2 Å². The van der Waals surface area contributed by atoms with Gasteiger partial charge in [0, 0.05) is 44.6 Å². The standard InChI is InChI=1S/C17H27N.C16H23F2N.C2H6/c1-3-8-17(13-16-10-5-4-6-11-16)18-12-7-9-15(2)14-18;1-2-6-15(13-14-7-4-3-5-8-14)19-11-9-16(17,18)10-12-19;1-2/h4-6,10-11,15,17H,3,7-9,12-14H2,1-2H3;3-5,7-8,15H,2,6,9-13H2,1H3;1-2H3. The molecule has 2 nitrogen and oxygen atoms in total. The second kappa shape index (κ2) is 18.5. The molecule has 0 aromatic heterocycles. The first kappa shape index (κ1) is 33.4. The number of hydrogen-bond acceptors (Lipinski definition) is 2. The van der Waals surface area contributed by atoms with Gasteiger partial charge in [-0.1, -0.05) is 108 Å². The van der Waals surface area contributed by atoms with Crippen LogP contribution in [0.2, 0.25) is 0 Å². The predicted octanol–water partition coefficient (Wildman–Crippen LogP) is 9.28. The van der Waals surface area contributed by atoms with Crippen LogP contribution in [0.1, 0.15) is 97.1 Å². The van der Waals surface area contributed by atoms with E-state index in [2.05, 4.69) is 73.0 Å². The summed E-state index contributed by atoms with van der Waals surface area (Å²) in [7, 11) is 0. The number of rotatable bonds is 10. The highest BCUT2D eigenvalue weighted by molar-refractivity contribution is 5.17. The molecule has 2 aromatic carbocycles. The molecule has 3 unspecified atom stereocenters. The Hall–Kier alpha value is -1.78. The zero-order valence-electron chi connectivity index (χ0n) is 25.6. The Bertz CT molecular complexity index is 847. The summed E-state index contributed by atoms with van der Waals surface area (Å²) >= 11 is 0. The third kappa shape index (κ3) is 12.5. The Kier molecular flexibility index (Phi) is 15.9. The summed E-state index contributed by atoms with van der Waals surface area (Å²) in [5, 5.41) is 0. The van der Waals surface area contributed by atoms with Crippen LogP contribution in [-0.2, 0) is 12.8 Å². The quantitative estimate of drug-likeness (QED) is 0.295. The Balaban J connectivity index is 0.000000258. The fourth-order valence-electron chi connectivity index (χ4n) is 6.04. The summed E-state index contributed by atoms with van der Waals surface area (Å²) in [5.74, 6) is -1.56. The summed E-state index contributed by atoms with van der Waals surface area (Å²) < 4.78 is 26.5. The molecule has 0 aliphatic carbocycles. The first-order valence-electron chi connectivity index (χ1n) is 15.8. The van der Waals surface area contributed by atoms with E-state index >= 15 is 0 Å². The summed E-state index contributed by atoms with van der Waals surface area (Å²) in [6, 6.07) is 22.5. The van der Waals surface area contributed by atoms with Gasteiger partial charge in [0.25, 0.3) is 5.92 Å². The molecule has 0 amide bonds. The van der Waals surface area contributed by atoms with Gasteiger partial charge in [0.05, 0.1) is 0 Å². The third-order valence-electron chi connectivity index (χ3n) is 8.12. The van der Waals surface area contributed by atoms with Crippen molar-refractivity contribution in [2.45, 2.75) is 117 Å². The van der Waals surface area contributed by atoms with E-state index in [1.54, 1.807) is 0 Å². The van der Waals surface area contributed by atoms with Gasteiger partial charge in [0.2, 0.25) is 0 Å². The van der Waals surface area contributed by atoms with Gasteiger partial charge in [-0.15, -0.1) is 0 Å². The largest absolute Gasteiger partial charge is 0.300 e. The lowest BCUT2D eigenvalue weighted by Crippen LogP contribution is -2.45. The molecule has 3 atom stereocenters. The van der Waals surface area contributed by atoms with Crippen LogP contribution in [-0.4, -0.2) is 54.0 Å². The summed E-state index contributed by atoms with van der Waals surface area (Å²) in [6.45, 7) is 14.5. The highest BCUT2D eigenvalue weighted by atomic mass is 19.3. The number of hydrogen-bond donors (Lipinski definition) is 0. The van der Waals surface area contributed by atoms with E-state index in [-0.39, 0.29) is 12.8 Å². The van der Waals surface area contributed by atoms with Gasteiger partial charge in [-0.05, 0) is 62.1 Å². The predicted molar refractivity (Wildman–Crippen MR) is 165 cm³/mol. The lowest BCUT2D eigenvalue weighted by molar-refractivity contribution is -0.0635. The molecule has 0 radical (unpaired) electrons. The molecule has 2 aromatic rings. The Morgan fingerprint density at radius 3 is 1.64 bits per heavy atom. The molecule has 2 heterocycles. The van der Waals surface area contributed by atoms with Crippen molar-refractivity contribution in [1.29, 1.82) is 0 Å². The number of benzene rings is 2. The second-order valence-corrected chi connectivity index (χ2v) is 11.4. The highest BCUT2D eigenvalue weighted by Gasteiger charge is 2.36. The maximum atomic E-state index is 13.2. The van der Waals surface area contributed by atoms with Gasteiger partial charge in [-0.2, -0.15) is 0 Å². The molecule has 2 aliphatic heterocycles. The zero-order valence-corrected chi connectivity index (χ0v) is 25.6. The Morgan fingerprint density at radius 2 is 1.21 bits per heavy atom. The smallest absolute Gasteiger partial charge is 0.250 e. The minimum atomic E-state index is -2.44. The molecule has 39 heavy (non-hydrogen) atoms. The van der Waals surface area contributed by atoms with Gasteiger partial charge in [-0.3, -0.25) is 9.80 Å². The number of alkyl halides is 2. The van der Waals surface area contributed by atoms with Gasteiger partial charge in [0.15, 0.2) is 0 Å². The van der Waals surface area contributed by atoms with E-state index in [4.69, 9.17) is 0 Å². The molecule has 4 rings (SSSR count). The van der Waals surface area contributed by atoms with Crippen molar-refractivity contribution < 1.29 is 8.78 Å². The van der Waals surface area contributed by atoms with E-state index in [0.717, 1.165) is 31.2 Å². The molecule has 0 N–H and O–H groups in total. The molecule has 0 spiro atoms. The van der Waals surface area contributed by atoms with Crippen LogP contribution in [0.3, 0.4) is 0 Å². The molecule has 4 heteroatoms. The van der Waals surface area contributed by atoms with Gasteiger partial charge < -0.3 is 0 Å². The Labute approximate surface area is 239 Å². The molecule has 220 valence electrons. The fraction of sp³-hybridized carbons (Fsp3) is 0.657. The lowest BCUT2D eigenvalue weighted by atomic mass is 9.94. The van der Waals surface area contributed by atoms with E-state index in [0.29, 0.717) is 19.1 Å². The molecule has 2 aliphatic rings. The zero-order chi connectivity index (χ0) is 28.5. The van der Waals surface area contributed by atoms with Crippen LogP contribution in [0, 0.1) is 5.92 Å². The third-order valence-corrected chi connectivity index (χ3v) is 8.12. The van der Waals surface area contributed by atoms with Crippen molar-refractivity contribution in [3.63, 3.8) is 0 Å². The normalized spacial score (nSPS) is 21.1. The van der Waals surface area contributed by atoms with Crippen molar-refractivity contribution >= 4 is 0 Å². The van der Waals surface area contributed by atoms with Crippen LogP contribution in [0.4, 0.5) is 8.78 Å². The lowest BCUT2D eigenvalue weighted by Gasteiger charge is -2.37. The van der Waals surface area contributed by atoms with Crippen LogP contribution >= 0.6 is 0 Å². The average molecular weight is 543 g/mol. The maximum absolute atomic E-state index is 13.2. The minimum Gasteiger partial charge on any atom is -0.300 e. The van der Waals surface area contributed by atoms with Crippen LogP contribution < -0.4 is 0 Å². The van der Waals surface area contributed by atoms with Crippen LogP contribution in [0.5, 0.6) is 0 Å². The fourth-order valence-corrected chi connectivity index (χ4v) is 6.04. The number of nitrogens with zero attached hydrogens (tertiary/aromatic N) is 2. The van der Waals surface area contributed by atoms with Crippen molar-refractivity contribution in [3.8, 4) is 0 Å². The van der Waals surface area contributed by atoms with E-state index in [9.17, 15) is 8.78 Å². The molecular weight excluding hydrogens is 486 g/mol. The number of likely N-dealkylation sites (tertiary alicyclic amines) is 2. The summed E-state index contributed by atoms with van der Waals surface area (Å²) in [6.07, 6.45) is 9.84. The average Bonchev–Trinajstić information content (AvgIpc) is 2.95. The number of piperidine rings is 2. The second-order valence-electron chi connectivity index (χ2n) is 11.4. The van der Waals surface area contributed by atoms with Gasteiger partial charge in [-0.25, -0.2) is 8.78 Å². The first-order chi connectivity index (χ1) is 18.9. The monoisotopic (exact) mass is 542 g/mol. The van der Waals surface area contributed by atoms with Crippen molar-refractivity contribution in [2.24, 2.45) is 5.92 Å². The molecular formula is C35H56F2N2. The highest BCUT2D eigenvalue weighted by Crippen LogP contribution is 2.30. The van der Waals surface area contributed by atoms with Crippen molar-refractivity contribution in [3.05, 3.63) is 71.8 Å². The maximum Gasteiger partial charge on any atom is 0.250 e. The van der Waals surface area contributed by atoms with E-state index < -0.39 is 5.92 Å². The van der Waals surface area contributed by atoms with E-state index in [1.807, 2.05) is 32.0 Å². The molecule has 2 fully saturated rings. The first-order valence-corrected chi connectivity index (χ1v) is 15.8. The molecule has 0 bridgehead atoms. The van der Waals surface area contributed by atoms with Gasteiger partial charge >= 0.3 is 0 Å². The van der Waals surface area contributed by atoms with Crippen LogP contribution in [0.25, 0.3) is 0 Å². The molecule has 2 saturated heterocycles. The van der Waals surface area contributed by atoms with E-state index in [1.165, 1.54) is 56.3 Å². The van der Waals surface area contributed by atoms with Crippen molar-refractivity contribution in [1.82, 2.24) is 9.80 Å². The topological polar surface area (TPSA) is 6.48 Å².